The monoisotopic (exact) mass is 465 g/mol. The van der Waals surface area contributed by atoms with Gasteiger partial charge in [-0.1, -0.05) is 18.5 Å². The molecule has 1 saturated heterocycles. The Morgan fingerprint density at radius 1 is 1.29 bits per heavy atom. The molecule has 3 amide bonds. The molecule has 1 aliphatic heterocycles. The number of thiophene rings is 1. The van der Waals surface area contributed by atoms with E-state index in [1.807, 2.05) is 6.92 Å². The summed E-state index contributed by atoms with van der Waals surface area (Å²) >= 11 is 7.09. The van der Waals surface area contributed by atoms with Crippen molar-refractivity contribution in [2.24, 2.45) is 0 Å². The molecule has 1 unspecified atom stereocenters. The van der Waals surface area contributed by atoms with E-state index in [1.54, 1.807) is 41.3 Å². The first-order valence-corrected chi connectivity index (χ1v) is 11.1. The van der Waals surface area contributed by atoms with Crippen LogP contribution in [-0.4, -0.2) is 55.4 Å². The van der Waals surface area contributed by atoms with Gasteiger partial charge in [0.25, 0.3) is 11.8 Å². The van der Waals surface area contributed by atoms with Crippen LogP contribution in [0.5, 0.6) is 0 Å². The van der Waals surface area contributed by atoms with E-state index >= 15 is 0 Å². The predicted molar refractivity (Wildman–Crippen MR) is 120 cm³/mol. The Morgan fingerprint density at radius 2 is 2.03 bits per heavy atom. The number of amides is 3. The molecule has 0 radical (unpaired) electrons. The third-order valence-corrected chi connectivity index (χ3v) is 6.25. The van der Waals surface area contributed by atoms with Crippen molar-refractivity contribution in [3.63, 3.8) is 0 Å². The van der Waals surface area contributed by atoms with E-state index in [4.69, 9.17) is 16.3 Å². The smallest absolute Gasteiger partial charge is 0.411 e. The highest BCUT2D eigenvalue weighted by molar-refractivity contribution is 7.18. The van der Waals surface area contributed by atoms with Gasteiger partial charge in [0, 0.05) is 30.5 Å². The maximum Gasteiger partial charge on any atom is 0.411 e. The van der Waals surface area contributed by atoms with Crippen LogP contribution in [0, 0.1) is 0 Å². The Bertz CT molecular complexity index is 933. The number of carbonyl (C=O) groups excluding carboxylic acids is 2. The van der Waals surface area contributed by atoms with E-state index < -0.39 is 6.09 Å². The molecule has 1 aliphatic rings. The summed E-state index contributed by atoms with van der Waals surface area (Å²) in [5.41, 5.74) is 1.21. The van der Waals surface area contributed by atoms with E-state index in [9.17, 15) is 19.5 Å². The average Bonchev–Trinajstić information content (AvgIpc) is 3.20. The first-order chi connectivity index (χ1) is 14.9. The number of benzene rings is 1. The van der Waals surface area contributed by atoms with Crippen LogP contribution in [0.3, 0.4) is 0 Å². The van der Waals surface area contributed by atoms with Crippen LogP contribution in [-0.2, 0) is 9.53 Å². The van der Waals surface area contributed by atoms with Gasteiger partial charge in [-0.3, -0.25) is 14.5 Å². The number of ether oxygens (including phenoxy) is 1. The van der Waals surface area contributed by atoms with Crippen molar-refractivity contribution in [1.82, 2.24) is 5.32 Å². The zero-order valence-corrected chi connectivity index (χ0v) is 18.6. The topological polar surface area (TPSA) is 99.2 Å². The maximum atomic E-state index is 12.4. The molecule has 0 bridgehead atoms. The van der Waals surface area contributed by atoms with Crippen molar-refractivity contribution in [2.75, 3.05) is 36.1 Å². The summed E-state index contributed by atoms with van der Waals surface area (Å²) in [5.74, 6) is -0.340. The lowest BCUT2D eigenvalue weighted by Crippen LogP contribution is -2.41. The quantitative estimate of drug-likeness (QED) is 0.617. The number of nitrogens with zero attached hydrogens (tertiary/aromatic N) is 2. The van der Waals surface area contributed by atoms with Crippen LogP contribution in [0.1, 0.15) is 29.4 Å². The molecule has 1 aromatic carbocycles. The highest BCUT2D eigenvalue weighted by Gasteiger charge is 2.22. The summed E-state index contributed by atoms with van der Waals surface area (Å²) in [4.78, 5) is 39.6. The Hall–Kier alpha value is -2.62. The van der Waals surface area contributed by atoms with Crippen molar-refractivity contribution < 1.29 is 24.2 Å². The number of hydrogen-bond donors (Lipinski definition) is 2. The molecular formula is C21H24ClN3O5S. The molecule has 166 valence electrons. The zero-order valence-electron chi connectivity index (χ0n) is 17.0. The van der Waals surface area contributed by atoms with E-state index in [0.717, 1.165) is 0 Å². The van der Waals surface area contributed by atoms with E-state index in [1.165, 1.54) is 16.2 Å². The van der Waals surface area contributed by atoms with Gasteiger partial charge in [0.1, 0.15) is 6.61 Å². The molecule has 3 rings (SSSR count). The second kappa shape index (κ2) is 10.6. The molecule has 2 N–H and O–H groups in total. The van der Waals surface area contributed by atoms with Gasteiger partial charge in [0.2, 0.25) is 0 Å². The summed E-state index contributed by atoms with van der Waals surface area (Å²) in [7, 11) is 0. The molecule has 0 spiro atoms. The number of nitrogens with one attached hydrogen (secondary N) is 1. The second-order valence-electron chi connectivity index (χ2n) is 7.02. The van der Waals surface area contributed by atoms with Gasteiger partial charge in [-0.2, -0.15) is 0 Å². The number of morpholine rings is 1. The van der Waals surface area contributed by atoms with E-state index in [-0.39, 0.29) is 31.0 Å². The van der Waals surface area contributed by atoms with Crippen molar-refractivity contribution in [3.05, 3.63) is 45.6 Å². The molecule has 2 aromatic rings. The van der Waals surface area contributed by atoms with Gasteiger partial charge < -0.3 is 20.1 Å². The Labute approximate surface area is 189 Å². The highest BCUT2D eigenvalue weighted by Crippen LogP contribution is 2.24. The minimum Gasteiger partial charge on any atom is -0.465 e. The molecular weight excluding hydrogens is 442 g/mol. The average molecular weight is 466 g/mol. The highest BCUT2D eigenvalue weighted by atomic mass is 35.5. The third kappa shape index (κ3) is 5.96. The Balaban J connectivity index is 1.62. The lowest BCUT2D eigenvalue weighted by Gasteiger charge is -2.28. The fourth-order valence-corrected chi connectivity index (χ4v) is 4.24. The fourth-order valence-electron chi connectivity index (χ4n) is 3.29. The van der Waals surface area contributed by atoms with Gasteiger partial charge in [-0.15, -0.1) is 11.3 Å². The number of carboxylic acid groups (broad SMARTS) is 1. The molecule has 10 heteroatoms. The third-order valence-electron chi connectivity index (χ3n) is 5.02. The maximum absolute atomic E-state index is 12.4. The second-order valence-corrected chi connectivity index (χ2v) is 8.73. The fraction of sp³-hybridized carbons (Fsp3) is 0.381. The van der Waals surface area contributed by atoms with Crippen LogP contribution >= 0.6 is 22.9 Å². The van der Waals surface area contributed by atoms with Gasteiger partial charge >= 0.3 is 6.09 Å². The Kier molecular flexibility index (Phi) is 7.89. The van der Waals surface area contributed by atoms with Gasteiger partial charge in [-0.25, -0.2) is 4.79 Å². The number of hydrogen-bond acceptors (Lipinski definition) is 5. The first-order valence-electron chi connectivity index (χ1n) is 9.94. The van der Waals surface area contributed by atoms with Gasteiger partial charge in [-0.05, 0) is 49.2 Å². The lowest BCUT2D eigenvalue weighted by atomic mass is 10.1. The molecule has 0 aliphatic carbocycles. The van der Waals surface area contributed by atoms with E-state index in [0.29, 0.717) is 46.6 Å². The van der Waals surface area contributed by atoms with Crippen molar-refractivity contribution in [1.29, 1.82) is 0 Å². The molecule has 8 nitrogen and oxygen atoms in total. The minimum absolute atomic E-state index is 0.0464. The minimum atomic E-state index is -1.08. The van der Waals surface area contributed by atoms with Crippen LogP contribution in [0.4, 0.5) is 16.2 Å². The number of carbonyl (C=O) groups is 3. The van der Waals surface area contributed by atoms with Crippen LogP contribution in [0.2, 0.25) is 4.34 Å². The van der Waals surface area contributed by atoms with Crippen LogP contribution in [0.25, 0.3) is 0 Å². The SMILES string of the molecule is CCC(CCN(C(=O)O)c1ccc(N2CCOCC2=O)cc1)NC(=O)c1ccc(Cl)s1. The number of rotatable bonds is 8. The molecule has 1 atom stereocenters. The van der Waals surface area contributed by atoms with Gasteiger partial charge in [0.15, 0.2) is 0 Å². The van der Waals surface area contributed by atoms with Crippen LogP contribution in [0.15, 0.2) is 36.4 Å². The number of halogens is 1. The van der Waals surface area contributed by atoms with Crippen molar-refractivity contribution in [3.8, 4) is 0 Å². The lowest BCUT2D eigenvalue weighted by molar-refractivity contribution is -0.125. The summed E-state index contributed by atoms with van der Waals surface area (Å²) in [6.45, 7) is 3.14. The standard InChI is InChI=1S/C21H24ClN3O5S/c1-2-14(23-20(27)17-7-8-18(22)31-17)9-10-25(21(28)29)16-5-3-15(4-6-16)24-11-12-30-13-19(24)26/h3-8,14H,2,9-13H2,1H3,(H,23,27)(H,28,29). The summed E-state index contributed by atoms with van der Waals surface area (Å²) in [6.07, 6.45) is 0.0368. The summed E-state index contributed by atoms with van der Waals surface area (Å²) in [6, 6.07) is 9.98. The van der Waals surface area contributed by atoms with Crippen LogP contribution < -0.4 is 15.1 Å². The molecule has 0 saturated carbocycles. The molecule has 2 heterocycles. The zero-order chi connectivity index (χ0) is 22.4. The molecule has 31 heavy (non-hydrogen) atoms. The number of anilines is 2. The molecule has 1 aromatic heterocycles. The van der Waals surface area contributed by atoms with Crippen molar-refractivity contribution >= 4 is 52.2 Å². The predicted octanol–water partition coefficient (Wildman–Crippen LogP) is 3.85. The normalized spacial score (nSPS) is 14.9. The van der Waals surface area contributed by atoms with E-state index in [2.05, 4.69) is 5.32 Å². The first kappa shape index (κ1) is 23.1. The largest absolute Gasteiger partial charge is 0.465 e. The Morgan fingerprint density at radius 3 is 2.61 bits per heavy atom. The summed E-state index contributed by atoms with van der Waals surface area (Å²) < 4.78 is 5.68. The summed E-state index contributed by atoms with van der Waals surface area (Å²) in [5, 5.41) is 12.6. The molecule has 1 fully saturated rings. The van der Waals surface area contributed by atoms with Crippen molar-refractivity contribution in [2.45, 2.75) is 25.8 Å². The van der Waals surface area contributed by atoms with Gasteiger partial charge in [0.05, 0.1) is 15.8 Å².